The van der Waals surface area contributed by atoms with E-state index in [4.69, 9.17) is 5.11 Å². The molecule has 0 heterocycles. The van der Waals surface area contributed by atoms with Crippen LogP contribution in [0.15, 0.2) is 36.4 Å². The molecule has 0 amide bonds. The maximum absolute atomic E-state index is 13.6. The van der Waals surface area contributed by atoms with Crippen LogP contribution in [0.25, 0.3) is 11.1 Å². The summed E-state index contributed by atoms with van der Waals surface area (Å²) < 4.78 is 26.7. The van der Waals surface area contributed by atoms with Crippen molar-refractivity contribution in [1.29, 1.82) is 0 Å². The number of aromatic carboxylic acids is 1. The quantitative estimate of drug-likeness (QED) is 0.690. The second kappa shape index (κ2) is 5.04. The first-order valence-electron chi connectivity index (χ1n) is 5.38. The minimum atomic E-state index is -1.47. The Morgan fingerprint density at radius 3 is 2.50 bits per heavy atom. The van der Waals surface area contributed by atoms with Crippen LogP contribution in [0, 0.1) is 21.7 Å². The summed E-state index contributed by atoms with van der Waals surface area (Å²) in [7, 11) is 0. The first-order chi connectivity index (χ1) is 9.41. The van der Waals surface area contributed by atoms with E-state index in [0.717, 1.165) is 18.2 Å². The molecule has 0 radical (unpaired) electrons. The van der Waals surface area contributed by atoms with Gasteiger partial charge in [0.15, 0.2) is 11.6 Å². The van der Waals surface area contributed by atoms with Crippen LogP contribution < -0.4 is 0 Å². The molecule has 0 aliphatic carbocycles. The SMILES string of the molecule is O=C(O)c1ccc(-c2cccc(F)c2F)cc1[N+](=O)[O-]. The summed E-state index contributed by atoms with van der Waals surface area (Å²) in [6.07, 6.45) is 0. The van der Waals surface area contributed by atoms with Gasteiger partial charge >= 0.3 is 5.97 Å². The molecular formula is C13H7F2NO4. The summed E-state index contributed by atoms with van der Waals surface area (Å²) in [5, 5.41) is 19.7. The van der Waals surface area contributed by atoms with Gasteiger partial charge in [-0.2, -0.15) is 0 Å². The number of carbonyl (C=O) groups is 1. The Hall–Kier alpha value is -2.83. The fourth-order valence-corrected chi connectivity index (χ4v) is 1.76. The van der Waals surface area contributed by atoms with Gasteiger partial charge < -0.3 is 5.11 Å². The van der Waals surface area contributed by atoms with Gasteiger partial charge in [-0.05, 0) is 17.7 Å². The van der Waals surface area contributed by atoms with Crippen LogP contribution in [0.5, 0.6) is 0 Å². The Balaban J connectivity index is 2.65. The molecule has 2 rings (SSSR count). The smallest absolute Gasteiger partial charge is 0.342 e. The molecule has 1 N–H and O–H groups in total. The predicted octanol–water partition coefficient (Wildman–Crippen LogP) is 3.24. The number of rotatable bonds is 3. The summed E-state index contributed by atoms with van der Waals surface area (Å²) in [6.45, 7) is 0. The number of halogens is 2. The second-order valence-electron chi connectivity index (χ2n) is 3.90. The molecule has 2 aromatic carbocycles. The van der Waals surface area contributed by atoms with Crippen molar-refractivity contribution in [2.45, 2.75) is 0 Å². The fraction of sp³-hybridized carbons (Fsp3) is 0. The predicted molar refractivity (Wildman–Crippen MR) is 65.4 cm³/mol. The topological polar surface area (TPSA) is 80.4 Å². The lowest BCUT2D eigenvalue weighted by Crippen LogP contribution is -2.03. The summed E-state index contributed by atoms with van der Waals surface area (Å²) in [5.41, 5.74) is -1.35. The van der Waals surface area contributed by atoms with Gasteiger partial charge in [0.25, 0.3) is 5.69 Å². The van der Waals surface area contributed by atoms with Gasteiger partial charge in [0.1, 0.15) is 5.56 Å². The van der Waals surface area contributed by atoms with Crippen molar-refractivity contribution in [3.05, 3.63) is 63.7 Å². The van der Waals surface area contributed by atoms with Crippen molar-refractivity contribution < 1.29 is 23.6 Å². The number of carboxylic acids is 1. The number of nitrogens with zero attached hydrogens (tertiary/aromatic N) is 1. The van der Waals surface area contributed by atoms with Crippen molar-refractivity contribution in [1.82, 2.24) is 0 Å². The van der Waals surface area contributed by atoms with Gasteiger partial charge in [0, 0.05) is 11.6 Å². The number of nitro benzene ring substituents is 1. The first kappa shape index (κ1) is 13.6. The van der Waals surface area contributed by atoms with Crippen molar-refractivity contribution >= 4 is 11.7 Å². The van der Waals surface area contributed by atoms with Gasteiger partial charge in [-0.25, -0.2) is 13.6 Å². The van der Waals surface area contributed by atoms with Crippen LogP contribution in [0.1, 0.15) is 10.4 Å². The van der Waals surface area contributed by atoms with E-state index in [2.05, 4.69) is 0 Å². The molecule has 20 heavy (non-hydrogen) atoms. The minimum absolute atomic E-state index is 0.0266. The van der Waals surface area contributed by atoms with Gasteiger partial charge in [0.2, 0.25) is 0 Å². The summed E-state index contributed by atoms with van der Waals surface area (Å²) in [4.78, 5) is 20.8. The first-order valence-corrected chi connectivity index (χ1v) is 5.38. The van der Waals surface area contributed by atoms with Crippen molar-refractivity contribution in [3.8, 4) is 11.1 Å². The van der Waals surface area contributed by atoms with Crippen LogP contribution in [0.4, 0.5) is 14.5 Å². The lowest BCUT2D eigenvalue weighted by molar-refractivity contribution is -0.385. The molecule has 0 fully saturated rings. The Kier molecular flexibility index (Phi) is 3.43. The van der Waals surface area contributed by atoms with Crippen LogP contribution in [0.3, 0.4) is 0 Å². The van der Waals surface area contributed by atoms with Crippen LogP contribution >= 0.6 is 0 Å². The van der Waals surface area contributed by atoms with Crippen molar-refractivity contribution in [2.75, 3.05) is 0 Å². The maximum atomic E-state index is 13.6. The highest BCUT2D eigenvalue weighted by molar-refractivity contribution is 5.93. The molecule has 0 unspecified atom stereocenters. The second-order valence-corrected chi connectivity index (χ2v) is 3.90. The average molecular weight is 279 g/mol. The van der Waals surface area contributed by atoms with Crippen molar-refractivity contribution in [3.63, 3.8) is 0 Å². The van der Waals surface area contributed by atoms with E-state index in [1.807, 2.05) is 0 Å². The molecule has 0 aromatic heterocycles. The largest absolute Gasteiger partial charge is 0.477 e. The number of benzene rings is 2. The highest BCUT2D eigenvalue weighted by atomic mass is 19.2. The maximum Gasteiger partial charge on any atom is 0.342 e. The summed E-state index contributed by atoms with van der Waals surface area (Å²) >= 11 is 0. The third-order valence-corrected chi connectivity index (χ3v) is 2.69. The third kappa shape index (κ3) is 2.33. The Morgan fingerprint density at radius 2 is 1.90 bits per heavy atom. The zero-order valence-corrected chi connectivity index (χ0v) is 9.84. The van der Waals surface area contributed by atoms with Gasteiger partial charge in [-0.3, -0.25) is 10.1 Å². The molecule has 2 aromatic rings. The Morgan fingerprint density at radius 1 is 1.20 bits per heavy atom. The fourth-order valence-electron chi connectivity index (χ4n) is 1.76. The standard InChI is InChI=1S/C13H7F2NO4/c14-10-3-1-2-8(12(10)15)7-4-5-9(13(17)18)11(6-7)16(19)20/h1-6H,(H,17,18). The van der Waals surface area contributed by atoms with Crippen LogP contribution in [-0.2, 0) is 0 Å². The van der Waals surface area contributed by atoms with E-state index in [1.54, 1.807) is 0 Å². The molecule has 0 aliphatic rings. The molecule has 0 atom stereocenters. The molecule has 0 bridgehead atoms. The van der Waals surface area contributed by atoms with Gasteiger partial charge in [0.05, 0.1) is 4.92 Å². The summed E-state index contributed by atoms with van der Waals surface area (Å²) in [6, 6.07) is 6.50. The number of nitro groups is 1. The highest BCUT2D eigenvalue weighted by Gasteiger charge is 2.21. The Bertz CT molecular complexity index is 716. The number of hydrogen-bond donors (Lipinski definition) is 1. The van der Waals surface area contributed by atoms with Gasteiger partial charge in [-0.1, -0.05) is 18.2 Å². The molecular weight excluding hydrogens is 272 g/mol. The van der Waals surface area contributed by atoms with E-state index in [0.29, 0.717) is 0 Å². The zero-order valence-electron chi connectivity index (χ0n) is 9.84. The highest BCUT2D eigenvalue weighted by Crippen LogP contribution is 2.29. The van der Waals surface area contributed by atoms with Crippen LogP contribution in [0.2, 0.25) is 0 Å². The van der Waals surface area contributed by atoms with E-state index in [9.17, 15) is 23.7 Å². The molecule has 102 valence electrons. The van der Waals surface area contributed by atoms with E-state index in [-0.39, 0.29) is 11.1 Å². The van der Waals surface area contributed by atoms with Crippen LogP contribution in [-0.4, -0.2) is 16.0 Å². The monoisotopic (exact) mass is 279 g/mol. The normalized spacial score (nSPS) is 10.3. The average Bonchev–Trinajstić information content (AvgIpc) is 2.41. The lowest BCUT2D eigenvalue weighted by atomic mass is 10.0. The van der Waals surface area contributed by atoms with Gasteiger partial charge in [-0.15, -0.1) is 0 Å². The number of carboxylic acid groups (broad SMARTS) is 1. The van der Waals surface area contributed by atoms with E-state index >= 15 is 0 Å². The molecule has 7 heteroatoms. The lowest BCUT2D eigenvalue weighted by Gasteiger charge is -2.05. The minimum Gasteiger partial charge on any atom is -0.477 e. The zero-order chi connectivity index (χ0) is 14.9. The third-order valence-electron chi connectivity index (χ3n) is 2.69. The van der Waals surface area contributed by atoms with E-state index < -0.39 is 33.8 Å². The molecule has 5 nitrogen and oxygen atoms in total. The Labute approximate surface area is 111 Å². The molecule has 0 spiro atoms. The summed E-state index contributed by atoms with van der Waals surface area (Å²) in [5.74, 6) is -3.71. The van der Waals surface area contributed by atoms with E-state index in [1.165, 1.54) is 18.2 Å². The molecule has 0 saturated carbocycles. The number of hydrogen-bond acceptors (Lipinski definition) is 3. The molecule has 0 aliphatic heterocycles. The van der Waals surface area contributed by atoms with Crippen molar-refractivity contribution in [2.24, 2.45) is 0 Å². The molecule has 0 saturated heterocycles.